The summed E-state index contributed by atoms with van der Waals surface area (Å²) in [6.45, 7) is 3.27. The molecule has 9 heteroatoms. The van der Waals surface area contributed by atoms with Gasteiger partial charge in [0.05, 0.1) is 6.10 Å². The van der Waals surface area contributed by atoms with Crippen LogP contribution in [-0.4, -0.2) is 73.0 Å². The first-order valence-electron chi connectivity index (χ1n) is 14.5. The highest BCUT2D eigenvalue weighted by Gasteiger charge is 2.30. The topological polar surface area (TPSA) is 117 Å². The summed E-state index contributed by atoms with van der Waals surface area (Å²) in [6.07, 6.45) is -0.428. The Labute approximate surface area is 245 Å². The quantitative estimate of drug-likeness (QED) is 0.316. The lowest BCUT2D eigenvalue weighted by molar-refractivity contribution is -0.137. The Bertz CT molecular complexity index is 1340. The standard InChI is InChI=1S/C33H37N3O6/c37-31(38)16-15-30(32(39)34-19-24-21-36(17-8-18-41-24)20-23-9-2-1-3-10-23)35-33(40)42-22-29-27-13-6-4-11-25(27)26-12-5-7-14-28(26)29/h1-7,9-14,24,29-30H,8,15-22H2,(H,34,39)(H,35,40)(H,37,38). The Kier molecular flexibility index (Phi) is 9.84. The highest BCUT2D eigenvalue weighted by molar-refractivity contribution is 5.86. The Hall–Kier alpha value is -4.21. The minimum Gasteiger partial charge on any atom is -0.481 e. The van der Waals surface area contributed by atoms with E-state index in [-0.39, 0.29) is 38.0 Å². The molecule has 2 aliphatic rings. The molecule has 42 heavy (non-hydrogen) atoms. The molecule has 5 rings (SSSR count). The van der Waals surface area contributed by atoms with E-state index in [1.807, 2.05) is 54.6 Å². The average Bonchev–Trinajstić information content (AvgIpc) is 3.14. The van der Waals surface area contributed by atoms with Gasteiger partial charge in [-0.15, -0.1) is 0 Å². The van der Waals surface area contributed by atoms with E-state index in [1.54, 1.807) is 0 Å². The summed E-state index contributed by atoms with van der Waals surface area (Å²) in [5.74, 6) is -1.64. The number of carboxylic acids is 1. The van der Waals surface area contributed by atoms with Crippen LogP contribution in [0.3, 0.4) is 0 Å². The van der Waals surface area contributed by atoms with Crippen LogP contribution in [0, 0.1) is 0 Å². The first-order valence-corrected chi connectivity index (χ1v) is 14.5. The van der Waals surface area contributed by atoms with Crippen molar-refractivity contribution in [2.75, 3.05) is 32.8 Å². The molecular weight excluding hydrogens is 534 g/mol. The van der Waals surface area contributed by atoms with Crippen molar-refractivity contribution >= 4 is 18.0 Å². The van der Waals surface area contributed by atoms with Crippen LogP contribution >= 0.6 is 0 Å². The van der Waals surface area contributed by atoms with Gasteiger partial charge in [0.15, 0.2) is 0 Å². The van der Waals surface area contributed by atoms with Gasteiger partial charge in [-0.1, -0.05) is 78.9 Å². The van der Waals surface area contributed by atoms with Crippen molar-refractivity contribution in [2.24, 2.45) is 0 Å². The number of alkyl carbamates (subject to hydrolysis) is 1. The molecule has 0 radical (unpaired) electrons. The number of rotatable bonds is 11. The predicted octanol–water partition coefficient (Wildman–Crippen LogP) is 4.17. The number of nitrogens with one attached hydrogen (secondary N) is 2. The summed E-state index contributed by atoms with van der Waals surface area (Å²) in [5, 5.41) is 14.7. The summed E-state index contributed by atoms with van der Waals surface area (Å²) >= 11 is 0. The number of hydrogen-bond acceptors (Lipinski definition) is 6. The number of nitrogens with zero attached hydrogens (tertiary/aromatic N) is 1. The number of carbonyl (C=O) groups is 3. The summed E-state index contributed by atoms with van der Waals surface area (Å²) < 4.78 is 11.6. The van der Waals surface area contributed by atoms with Gasteiger partial charge in [-0.05, 0) is 40.7 Å². The van der Waals surface area contributed by atoms with E-state index >= 15 is 0 Å². The second kappa shape index (κ2) is 14.1. The highest BCUT2D eigenvalue weighted by atomic mass is 16.5. The van der Waals surface area contributed by atoms with Crippen LogP contribution in [0.25, 0.3) is 11.1 Å². The van der Waals surface area contributed by atoms with E-state index in [0.29, 0.717) is 13.2 Å². The normalized spacial score (nSPS) is 17.4. The van der Waals surface area contributed by atoms with E-state index in [4.69, 9.17) is 9.47 Å². The fraction of sp³-hybridized carbons (Fsp3) is 0.364. The zero-order valence-corrected chi connectivity index (χ0v) is 23.5. The molecule has 0 aromatic heterocycles. The van der Waals surface area contributed by atoms with Crippen LogP contribution in [0.15, 0.2) is 78.9 Å². The fourth-order valence-corrected chi connectivity index (χ4v) is 5.74. The van der Waals surface area contributed by atoms with E-state index in [0.717, 1.165) is 41.8 Å². The average molecular weight is 572 g/mol. The van der Waals surface area contributed by atoms with Gasteiger partial charge >= 0.3 is 12.1 Å². The van der Waals surface area contributed by atoms with E-state index in [9.17, 15) is 19.5 Å². The molecule has 1 aliphatic heterocycles. The Morgan fingerprint density at radius 3 is 2.31 bits per heavy atom. The Balaban J connectivity index is 1.16. The molecule has 3 aromatic rings. The molecule has 1 heterocycles. The Morgan fingerprint density at radius 2 is 1.62 bits per heavy atom. The van der Waals surface area contributed by atoms with Crippen molar-refractivity contribution in [2.45, 2.75) is 43.9 Å². The van der Waals surface area contributed by atoms with Gasteiger partial charge in [0.2, 0.25) is 5.91 Å². The molecule has 2 amide bonds. The molecule has 1 aliphatic carbocycles. The number of carboxylic acid groups (broad SMARTS) is 1. The van der Waals surface area contributed by atoms with Gasteiger partial charge in [0.25, 0.3) is 0 Å². The second-order valence-electron chi connectivity index (χ2n) is 10.8. The van der Waals surface area contributed by atoms with Crippen LogP contribution in [0.4, 0.5) is 4.79 Å². The molecular formula is C33H37N3O6. The van der Waals surface area contributed by atoms with E-state index < -0.39 is 24.0 Å². The molecule has 1 saturated heterocycles. The third kappa shape index (κ3) is 7.54. The lowest BCUT2D eigenvalue weighted by Crippen LogP contribution is -2.50. The van der Waals surface area contributed by atoms with Gasteiger partial charge in [-0.25, -0.2) is 4.79 Å². The van der Waals surface area contributed by atoms with E-state index in [2.05, 4.69) is 39.8 Å². The molecule has 9 nitrogen and oxygen atoms in total. The lowest BCUT2D eigenvalue weighted by Gasteiger charge is -2.25. The number of aliphatic carboxylic acids is 1. The minimum absolute atomic E-state index is 0.0585. The number of hydrogen-bond donors (Lipinski definition) is 3. The van der Waals surface area contributed by atoms with Crippen molar-refractivity contribution in [1.82, 2.24) is 15.5 Å². The van der Waals surface area contributed by atoms with Gasteiger partial charge in [0, 0.05) is 45.1 Å². The zero-order chi connectivity index (χ0) is 29.3. The number of fused-ring (bicyclic) bond motifs is 3. The molecule has 0 spiro atoms. The first kappa shape index (κ1) is 29.3. The molecule has 2 atom stereocenters. The second-order valence-corrected chi connectivity index (χ2v) is 10.8. The number of benzene rings is 3. The zero-order valence-electron chi connectivity index (χ0n) is 23.5. The van der Waals surface area contributed by atoms with Crippen LogP contribution in [0.2, 0.25) is 0 Å². The molecule has 0 saturated carbocycles. The number of ether oxygens (including phenoxy) is 2. The van der Waals surface area contributed by atoms with Crippen molar-refractivity contribution in [3.05, 3.63) is 95.6 Å². The van der Waals surface area contributed by atoms with Crippen molar-refractivity contribution in [3.63, 3.8) is 0 Å². The monoisotopic (exact) mass is 571 g/mol. The smallest absolute Gasteiger partial charge is 0.407 e. The van der Waals surface area contributed by atoms with Crippen LogP contribution in [0.1, 0.15) is 41.9 Å². The summed E-state index contributed by atoms with van der Waals surface area (Å²) in [7, 11) is 0. The van der Waals surface area contributed by atoms with Gasteiger partial charge < -0.3 is 25.2 Å². The molecule has 220 valence electrons. The van der Waals surface area contributed by atoms with E-state index in [1.165, 1.54) is 5.56 Å². The maximum Gasteiger partial charge on any atom is 0.407 e. The van der Waals surface area contributed by atoms with Gasteiger partial charge in [-0.3, -0.25) is 14.5 Å². The maximum absolute atomic E-state index is 13.1. The van der Waals surface area contributed by atoms with Crippen molar-refractivity contribution in [1.29, 1.82) is 0 Å². The van der Waals surface area contributed by atoms with Crippen LogP contribution in [-0.2, 0) is 25.6 Å². The molecule has 0 bridgehead atoms. The fourth-order valence-electron chi connectivity index (χ4n) is 5.74. The van der Waals surface area contributed by atoms with Crippen LogP contribution in [0.5, 0.6) is 0 Å². The molecule has 3 aromatic carbocycles. The van der Waals surface area contributed by atoms with Crippen molar-refractivity contribution < 1.29 is 29.0 Å². The first-order chi connectivity index (χ1) is 20.5. The molecule has 3 N–H and O–H groups in total. The minimum atomic E-state index is -1.05. The largest absolute Gasteiger partial charge is 0.481 e. The summed E-state index contributed by atoms with van der Waals surface area (Å²) in [4.78, 5) is 39.6. The van der Waals surface area contributed by atoms with Crippen LogP contribution < -0.4 is 10.6 Å². The Morgan fingerprint density at radius 1 is 0.952 bits per heavy atom. The molecule has 1 fully saturated rings. The van der Waals surface area contributed by atoms with Gasteiger partial charge in [-0.2, -0.15) is 0 Å². The maximum atomic E-state index is 13.1. The summed E-state index contributed by atoms with van der Waals surface area (Å²) in [6, 6.07) is 25.2. The van der Waals surface area contributed by atoms with Gasteiger partial charge in [0.1, 0.15) is 12.6 Å². The number of carbonyl (C=O) groups excluding carboxylic acids is 2. The van der Waals surface area contributed by atoms with Crippen molar-refractivity contribution in [3.8, 4) is 11.1 Å². The SMILES string of the molecule is O=C(O)CCC(NC(=O)OCC1c2ccccc2-c2ccccc21)C(=O)NCC1CN(Cc2ccccc2)CCCO1. The predicted molar refractivity (Wildman–Crippen MR) is 158 cm³/mol. The molecule has 2 unspecified atom stereocenters. The third-order valence-corrected chi connectivity index (χ3v) is 7.79. The highest BCUT2D eigenvalue weighted by Crippen LogP contribution is 2.44. The lowest BCUT2D eigenvalue weighted by atomic mass is 9.98. The summed E-state index contributed by atoms with van der Waals surface area (Å²) in [5.41, 5.74) is 5.60. The third-order valence-electron chi connectivity index (χ3n) is 7.79. The number of amides is 2.